The molecule has 0 aliphatic rings. The molecule has 0 saturated carbocycles. The van der Waals surface area contributed by atoms with Crippen LogP contribution in [0.15, 0.2) is 36.7 Å². The Hall–Kier alpha value is -2.34. The molecule has 1 aromatic heterocycles. The number of amides is 1. The van der Waals surface area contributed by atoms with Crippen LogP contribution in [0.5, 0.6) is 0 Å². The fourth-order valence-electron chi connectivity index (χ4n) is 1.91. The second kappa shape index (κ2) is 7.61. The number of aromatic nitrogens is 2. The Kier molecular flexibility index (Phi) is 5.55. The maximum Gasteiger partial charge on any atom is 0.303 e. The second-order valence-electron chi connectivity index (χ2n) is 4.76. The summed E-state index contributed by atoms with van der Waals surface area (Å²) in [6.45, 7) is 0.439. The molecule has 0 unspecified atom stereocenters. The minimum absolute atomic E-state index is 0.114. The van der Waals surface area contributed by atoms with E-state index in [0.29, 0.717) is 30.0 Å². The smallest absolute Gasteiger partial charge is 0.303 e. The van der Waals surface area contributed by atoms with Gasteiger partial charge in [-0.2, -0.15) is 5.10 Å². The Morgan fingerprint density at radius 2 is 2.14 bits per heavy atom. The molecule has 0 aliphatic carbocycles. The van der Waals surface area contributed by atoms with E-state index in [9.17, 15) is 9.59 Å². The number of nitrogens with zero attached hydrogens (tertiary/aromatic N) is 2. The Labute approximate surface area is 132 Å². The Morgan fingerprint density at radius 3 is 2.86 bits per heavy atom. The van der Waals surface area contributed by atoms with Gasteiger partial charge in [0.25, 0.3) is 5.91 Å². The van der Waals surface area contributed by atoms with Crippen LogP contribution in [-0.2, 0) is 4.79 Å². The van der Waals surface area contributed by atoms with Gasteiger partial charge in [-0.3, -0.25) is 9.59 Å². The van der Waals surface area contributed by atoms with Crippen molar-refractivity contribution in [1.82, 2.24) is 15.1 Å². The van der Waals surface area contributed by atoms with Gasteiger partial charge in [-0.1, -0.05) is 17.7 Å². The van der Waals surface area contributed by atoms with Gasteiger partial charge in [0.1, 0.15) is 0 Å². The maximum absolute atomic E-state index is 11.9. The Balaban J connectivity index is 1.88. The molecule has 1 amide bonds. The van der Waals surface area contributed by atoms with Gasteiger partial charge in [0.15, 0.2) is 0 Å². The van der Waals surface area contributed by atoms with Crippen LogP contribution in [0.25, 0.3) is 5.69 Å². The third-order valence-electron chi connectivity index (χ3n) is 3.02. The normalized spacial score (nSPS) is 10.4. The first-order valence-electron chi connectivity index (χ1n) is 6.87. The Morgan fingerprint density at radius 1 is 1.32 bits per heavy atom. The fourth-order valence-corrected chi connectivity index (χ4v) is 2.09. The van der Waals surface area contributed by atoms with Crippen LogP contribution in [0.1, 0.15) is 29.6 Å². The van der Waals surface area contributed by atoms with Crippen molar-refractivity contribution in [2.45, 2.75) is 19.3 Å². The lowest BCUT2D eigenvalue weighted by Gasteiger charge is -2.03. The van der Waals surface area contributed by atoms with Crippen LogP contribution in [-0.4, -0.2) is 33.3 Å². The number of carbonyl (C=O) groups excluding carboxylic acids is 1. The number of benzene rings is 1. The van der Waals surface area contributed by atoms with Crippen molar-refractivity contribution < 1.29 is 14.7 Å². The van der Waals surface area contributed by atoms with E-state index >= 15 is 0 Å². The summed E-state index contributed by atoms with van der Waals surface area (Å²) in [6, 6.07) is 7.16. The van der Waals surface area contributed by atoms with Crippen LogP contribution in [0.2, 0.25) is 5.02 Å². The molecule has 0 radical (unpaired) electrons. The highest BCUT2D eigenvalue weighted by molar-refractivity contribution is 6.30. The summed E-state index contributed by atoms with van der Waals surface area (Å²) in [4.78, 5) is 22.3. The molecular weight excluding hydrogens is 306 g/mol. The summed E-state index contributed by atoms with van der Waals surface area (Å²) in [6.07, 6.45) is 4.38. The quantitative estimate of drug-likeness (QED) is 0.767. The molecule has 2 aromatic rings. The zero-order valence-electron chi connectivity index (χ0n) is 11.8. The highest BCUT2D eigenvalue weighted by atomic mass is 35.5. The molecule has 116 valence electrons. The van der Waals surface area contributed by atoms with E-state index in [1.54, 1.807) is 23.0 Å². The summed E-state index contributed by atoms with van der Waals surface area (Å²) in [5.74, 6) is -1.06. The SMILES string of the molecule is O=C(O)CCCCNC(=O)c1cnn(-c2cccc(Cl)c2)c1. The van der Waals surface area contributed by atoms with Crippen molar-refractivity contribution in [3.63, 3.8) is 0 Å². The van der Waals surface area contributed by atoms with Crippen LogP contribution < -0.4 is 5.32 Å². The first-order chi connectivity index (χ1) is 10.6. The van der Waals surface area contributed by atoms with Crippen LogP contribution in [0.4, 0.5) is 0 Å². The van der Waals surface area contributed by atoms with Gasteiger partial charge < -0.3 is 10.4 Å². The molecule has 0 fully saturated rings. The average molecular weight is 322 g/mol. The largest absolute Gasteiger partial charge is 0.481 e. The maximum atomic E-state index is 11.9. The van der Waals surface area contributed by atoms with Crippen LogP contribution in [0.3, 0.4) is 0 Å². The number of aliphatic carboxylic acids is 1. The molecule has 22 heavy (non-hydrogen) atoms. The van der Waals surface area contributed by atoms with Crippen molar-refractivity contribution in [3.05, 3.63) is 47.2 Å². The third kappa shape index (κ3) is 4.60. The second-order valence-corrected chi connectivity index (χ2v) is 5.20. The summed E-state index contributed by atoms with van der Waals surface area (Å²) in [7, 11) is 0. The lowest BCUT2D eigenvalue weighted by atomic mass is 10.2. The standard InChI is InChI=1S/C15H16ClN3O3/c16-12-4-3-5-13(8-12)19-10-11(9-18-19)15(22)17-7-2-1-6-14(20)21/h3-5,8-10H,1-2,6-7H2,(H,17,22)(H,20,21). The molecule has 1 aromatic carbocycles. The molecule has 0 bridgehead atoms. The van der Waals surface area contributed by atoms with Gasteiger partial charge in [0.05, 0.1) is 17.4 Å². The molecule has 1 heterocycles. The number of unbranched alkanes of at least 4 members (excludes halogenated alkanes) is 1. The summed E-state index contributed by atoms with van der Waals surface area (Å²) < 4.78 is 1.57. The number of nitrogens with one attached hydrogen (secondary N) is 1. The van der Waals surface area contributed by atoms with Crippen molar-refractivity contribution in [1.29, 1.82) is 0 Å². The van der Waals surface area contributed by atoms with Crippen molar-refractivity contribution in [2.24, 2.45) is 0 Å². The zero-order chi connectivity index (χ0) is 15.9. The number of carbonyl (C=O) groups is 2. The van der Waals surface area contributed by atoms with E-state index < -0.39 is 5.97 Å². The van der Waals surface area contributed by atoms with E-state index in [2.05, 4.69) is 10.4 Å². The topological polar surface area (TPSA) is 84.2 Å². The van der Waals surface area contributed by atoms with Crippen LogP contribution >= 0.6 is 11.6 Å². The van der Waals surface area contributed by atoms with Gasteiger partial charge >= 0.3 is 5.97 Å². The van der Waals surface area contributed by atoms with E-state index in [1.165, 1.54) is 6.20 Å². The van der Waals surface area contributed by atoms with Crippen molar-refractivity contribution in [2.75, 3.05) is 6.54 Å². The van der Waals surface area contributed by atoms with Crippen LogP contribution in [0, 0.1) is 0 Å². The zero-order valence-corrected chi connectivity index (χ0v) is 12.6. The molecule has 0 spiro atoms. The summed E-state index contributed by atoms with van der Waals surface area (Å²) >= 11 is 5.92. The molecule has 0 saturated heterocycles. The van der Waals surface area contributed by atoms with Gasteiger partial charge in [0, 0.05) is 24.2 Å². The van der Waals surface area contributed by atoms with Gasteiger partial charge in [-0.25, -0.2) is 4.68 Å². The van der Waals surface area contributed by atoms with Gasteiger partial charge in [0.2, 0.25) is 0 Å². The minimum atomic E-state index is -0.825. The monoisotopic (exact) mass is 321 g/mol. The molecule has 0 atom stereocenters. The Bertz CT molecular complexity index is 670. The van der Waals surface area contributed by atoms with Gasteiger partial charge in [-0.05, 0) is 31.0 Å². The number of carboxylic acids is 1. The first kappa shape index (κ1) is 16.0. The van der Waals surface area contributed by atoms with E-state index in [-0.39, 0.29) is 12.3 Å². The molecule has 0 aliphatic heterocycles. The average Bonchev–Trinajstić information content (AvgIpc) is 2.96. The molecular formula is C15H16ClN3O3. The summed E-state index contributed by atoms with van der Waals surface area (Å²) in [5, 5.41) is 16.0. The number of hydrogen-bond acceptors (Lipinski definition) is 3. The van der Waals surface area contributed by atoms with Crippen molar-refractivity contribution in [3.8, 4) is 5.69 Å². The lowest BCUT2D eigenvalue weighted by Crippen LogP contribution is -2.24. The highest BCUT2D eigenvalue weighted by Crippen LogP contribution is 2.14. The van der Waals surface area contributed by atoms with E-state index in [4.69, 9.17) is 16.7 Å². The number of hydrogen-bond donors (Lipinski definition) is 2. The van der Waals surface area contributed by atoms with E-state index in [1.807, 2.05) is 12.1 Å². The molecule has 2 rings (SSSR count). The molecule has 6 nitrogen and oxygen atoms in total. The third-order valence-corrected chi connectivity index (χ3v) is 3.26. The fraction of sp³-hybridized carbons (Fsp3) is 0.267. The lowest BCUT2D eigenvalue weighted by molar-refractivity contribution is -0.137. The molecule has 7 heteroatoms. The predicted octanol–water partition coefficient (Wildman–Crippen LogP) is 2.51. The molecule has 2 N–H and O–H groups in total. The first-order valence-corrected chi connectivity index (χ1v) is 7.24. The minimum Gasteiger partial charge on any atom is -0.481 e. The van der Waals surface area contributed by atoms with E-state index in [0.717, 1.165) is 5.69 Å². The van der Waals surface area contributed by atoms with Crippen molar-refractivity contribution >= 4 is 23.5 Å². The number of rotatable bonds is 7. The number of carboxylic acid groups (broad SMARTS) is 1. The predicted molar refractivity (Wildman–Crippen MR) is 82.4 cm³/mol. The highest BCUT2D eigenvalue weighted by Gasteiger charge is 2.09. The summed E-state index contributed by atoms with van der Waals surface area (Å²) in [5.41, 5.74) is 1.21. The number of halogens is 1. The van der Waals surface area contributed by atoms with Gasteiger partial charge in [-0.15, -0.1) is 0 Å².